The first-order valence-electron chi connectivity index (χ1n) is 6.66. The lowest BCUT2D eigenvalue weighted by Gasteiger charge is -2.41. The fourth-order valence-corrected chi connectivity index (χ4v) is 4.78. The largest absolute Gasteiger partial charge is 0.299 e. The van der Waals surface area contributed by atoms with Crippen molar-refractivity contribution in [2.24, 2.45) is 5.92 Å². The van der Waals surface area contributed by atoms with Crippen molar-refractivity contribution in [3.63, 3.8) is 0 Å². The molecule has 1 fully saturated rings. The van der Waals surface area contributed by atoms with Gasteiger partial charge in [0.15, 0.2) is 0 Å². The molecule has 0 aliphatic heterocycles. The van der Waals surface area contributed by atoms with Crippen LogP contribution in [0.25, 0.3) is 0 Å². The van der Waals surface area contributed by atoms with Crippen LogP contribution < -0.4 is 0 Å². The molecule has 2 unspecified atom stereocenters. The van der Waals surface area contributed by atoms with Crippen molar-refractivity contribution in [3.05, 3.63) is 46.0 Å². The van der Waals surface area contributed by atoms with Gasteiger partial charge in [-0.05, 0) is 42.4 Å². The number of carbonyl (C=O) groups is 1. The second kappa shape index (κ2) is 3.48. The van der Waals surface area contributed by atoms with Gasteiger partial charge in [-0.1, -0.05) is 35.4 Å². The van der Waals surface area contributed by atoms with E-state index in [0.717, 1.165) is 17.9 Å². The highest BCUT2D eigenvalue weighted by Crippen LogP contribution is 2.59. The van der Waals surface area contributed by atoms with Crippen LogP contribution in [0.4, 0.5) is 0 Å². The third kappa shape index (κ3) is 1.26. The van der Waals surface area contributed by atoms with Crippen LogP contribution in [-0.2, 0) is 16.6 Å². The Kier molecular flexibility index (Phi) is 2.09. The predicted octanol–water partition coefficient (Wildman–Crippen LogP) is 3.83. The van der Waals surface area contributed by atoms with Crippen molar-refractivity contribution in [1.29, 1.82) is 0 Å². The summed E-state index contributed by atoms with van der Waals surface area (Å²) in [7, 11) is 0. The van der Waals surface area contributed by atoms with Crippen molar-refractivity contribution >= 4 is 17.4 Å². The van der Waals surface area contributed by atoms with Crippen molar-refractivity contribution in [3.8, 4) is 0 Å². The van der Waals surface area contributed by atoms with Gasteiger partial charge < -0.3 is 0 Å². The van der Waals surface area contributed by atoms with E-state index in [1.165, 1.54) is 17.5 Å². The van der Waals surface area contributed by atoms with Gasteiger partial charge in [0.25, 0.3) is 0 Å². The Balaban J connectivity index is 1.96. The summed E-state index contributed by atoms with van der Waals surface area (Å²) < 4.78 is 0. The number of fused-ring (bicyclic) bond motifs is 5. The average Bonchev–Trinajstić information content (AvgIpc) is 2.88. The first-order valence-corrected chi connectivity index (χ1v) is 7.04. The summed E-state index contributed by atoms with van der Waals surface area (Å²) in [4.78, 5) is 12.1. The lowest BCUT2D eigenvalue weighted by Crippen LogP contribution is -2.39. The van der Waals surface area contributed by atoms with Gasteiger partial charge in [0.1, 0.15) is 5.78 Å². The van der Waals surface area contributed by atoms with Gasteiger partial charge in [0.05, 0.1) is 0 Å². The molecular weight excluding hydrogens is 244 g/mol. The van der Waals surface area contributed by atoms with Crippen LogP contribution in [0.2, 0.25) is 5.02 Å². The summed E-state index contributed by atoms with van der Waals surface area (Å²) in [6, 6.07) is 6.04. The fraction of sp³-hybridized carbons (Fsp3) is 0.438. The smallest absolute Gasteiger partial charge is 0.138 e. The molecule has 4 rings (SSSR count). The maximum atomic E-state index is 12.1. The highest BCUT2D eigenvalue weighted by atomic mass is 35.5. The molecule has 0 saturated heterocycles. The topological polar surface area (TPSA) is 17.1 Å². The van der Waals surface area contributed by atoms with Gasteiger partial charge in [0, 0.05) is 23.3 Å². The summed E-state index contributed by atoms with van der Waals surface area (Å²) in [5.41, 5.74) is 4.04. The molecule has 18 heavy (non-hydrogen) atoms. The number of Topliss-reactive ketones (excluding diaryl/α,β-unsaturated/α-hetero) is 1. The molecule has 3 aliphatic carbocycles. The Hall–Kier alpha value is -1.08. The molecule has 0 N–H and O–H groups in total. The van der Waals surface area contributed by atoms with Crippen LogP contribution in [0.1, 0.15) is 36.8 Å². The summed E-state index contributed by atoms with van der Waals surface area (Å²) in [5, 5.41) is 0.869. The van der Waals surface area contributed by atoms with Gasteiger partial charge in [-0.15, -0.1) is 0 Å². The summed E-state index contributed by atoms with van der Waals surface area (Å²) in [5.74, 6) is 0.994. The minimum Gasteiger partial charge on any atom is -0.299 e. The van der Waals surface area contributed by atoms with Crippen molar-refractivity contribution in [2.75, 3.05) is 0 Å². The standard InChI is InChI=1S/C16H15ClO/c17-14-3-1-2-11-7-13(18)9-16(15(11)14)8-10-4-5-12(16)6-10/h1-4,12H,5-9H2. The minimum atomic E-state index is 0.0348. The van der Waals surface area contributed by atoms with E-state index in [1.54, 1.807) is 5.57 Å². The number of rotatable bonds is 0. The Bertz CT molecular complexity index is 587. The number of hydrogen-bond donors (Lipinski definition) is 0. The van der Waals surface area contributed by atoms with Crippen molar-refractivity contribution < 1.29 is 4.79 Å². The van der Waals surface area contributed by atoms with E-state index in [4.69, 9.17) is 11.6 Å². The molecule has 2 bridgehead atoms. The van der Waals surface area contributed by atoms with E-state index < -0.39 is 0 Å². The predicted molar refractivity (Wildman–Crippen MR) is 71.9 cm³/mol. The normalized spacial score (nSPS) is 32.8. The first-order chi connectivity index (χ1) is 8.69. The first kappa shape index (κ1) is 10.8. The summed E-state index contributed by atoms with van der Waals surface area (Å²) >= 11 is 6.47. The third-order valence-electron chi connectivity index (χ3n) is 5.02. The SMILES string of the molecule is O=C1Cc2cccc(Cl)c2C2(C1)CC1=CCC2C1. The number of ketones is 1. The highest BCUT2D eigenvalue weighted by Gasteiger charge is 2.52. The molecule has 1 spiro atoms. The number of benzene rings is 1. The average molecular weight is 259 g/mol. The zero-order chi connectivity index (χ0) is 12.3. The monoisotopic (exact) mass is 258 g/mol. The second-order valence-electron chi connectivity index (χ2n) is 6.00. The van der Waals surface area contributed by atoms with Gasteiger partial charge in [-0.3, -0.25) is 4.79 Å². The minimum absolute atomic E-state index is 0.0348. The van der Waals surface area contributed by atoms with Gasteiger partial charge in [-0.25, -0.2) is 0 Å². The van der Waals surface area contributed by atoms with Gasteiger partial charge in [-0.2, -0.15) is 0 Å². The molecular formula is C16H15ClO. The molecule has 1 saturated carbocycles. The van der Waals surface area contributed by atoms with Crippen LogP contribution in [0.5, 0.6) is 0 Å². The van der Waals surface area contributed by atoms with Crippen LogP contribution in [-0.4, -0.2) is 5.78 Å². The van der Waals surface area contributed by atoms with Crippen LogP contribution in [0.15, 0.2) is 29.8 Å². The quantitative estimate of drug-likeness (QED) is 0.647. The van der Waals surface area contributed by atoms with Crippen LogP contribution >= 0.6 is 11.6 Å². The Morgan fingerprint density at radius 2 is 2.17 bits per heavy atom. The highest BCUT2D eigenvalue weighted by molar-refractivity contribution is 6.31. The number of carbonyl (C=O) groups excluding carboxylic acids is 1. The number of allylic oxidation sites excluding steroid dienone is 2. The maximum absolute atomic E-state index is 12.1. The molecule has 1 aromatic carbocycles. The lowest BCUT2D eigenvalue weighted by molar-refractivity contribution is -0.120. The molecule has 92 valence electrons. The molecule has 2 atom stereocenters. The Morgan fingerprint density at radius 1 is 1.28 bits per heavy atom. The van der Waals surface area contributed by atoms with E-state index in [0.29, 0.717) is 24.5 Å². The number of hydrogen-bond acceptors (Lipinski definition) is 1. The van der Waals surface area contributed by atoms with Gasteiger partial charge >= 0.3 is 0 Å². The third-order valence-corrected chi connectivity index (χ3v) is 5.34. The van der Waals surface area contributed by atoms with E-state index in [1.807, 2.05) is 12.1 Å². The molecule has 0 heterocycles. The second-order valence-corrected chi connectivity index (χ2v) is 6.41. The molecule has 0 radical (unpaired) electrons. The zero-order valence-corrected chi connectivity index (χ0v) is 11.0. The van der Waals surface area contributed by atoms with Crippen molar-refractivity contribution in [2.45, 2.75) is 37.5 Å². The van der Waals surface area contributed by atoms with E-state index in [2.05, 4.69) is 12.1 Å². The maximum Gasteiger partial charge on any atom is 0.138 e. The number of halogens is 1. The van der Waals surface area contributed by atoms with E-state index >= 15 is 0 Å². The van der Waals surface area contributed by atoms with Crippen molar-refractivity contribution in [1.82, 2.24) is 0 Å². The molecule has 0 amide bonds. The summed E-state index contributed by atoms with van der Waals surface area (Å²) in [6.07, 6.45) is 7.01. The zero-order valence-electron chi connectivity index (χ0n) is 10.2. The molecule has 0 aromatic heterocycles. The van der Waals surface area contributed by atoms with E-state index in [9.17, 15) is 4.79 Å². The Morgan fingerprint density at radius 3 is 2.89 bits per heavy atom. The molecule has 1 nitrogen and oxygen atoms in total. The van der Waals surface area contributed by atoms with Gasteiger partial charge in [0.2, 0.25) is 0 Å². The van der Waals surface area contributed by atoms with Crippen LogP contribution in [0, 0.1) is 5.92 Å². The Labute approximate surface area is 112 Å². The molecule has 2 heteroatoms. The summed E-state index contributed by atoms with van der Waals surface area (Å²) in [6.45, 7) is 0. The van der Waals surface area contributed by atoms with Crippen LogP contribution in [0.3, 0.4) is 0 Å². The fourth-order valence-electron chi connectivity index (χ4n) is 4.40. The van der Waals surface area contributed by atoms with E-state index in [-0.39, 0.29) is 5.41 Å². The molecule has 1 aromatic rings. The molecule has 3 aliphatic rings. The lowest BCUT2D eigenvalue weighted by atomic mass is 9.62.